The van der Waals surface area contributed by atoms with Gasteiger partial charge in [-0.05, 0) is 37.8 Å². The minimum atomic E-state index is -0.00856. The normalized spacial score (nSPS) is 17.3. The van der Waals surface area contributed by atoms with E-state index in [9.17, 15) is 10.1 Å². The SMILES string of the molecule is CC[C@H](C)[C@H](C)NC(=O)C1CCN(c2oc(-c3ccco3)nc2C#N)CC1. The highest BCUT2D eigenvalue weighted by Gasteiger charge is 2.30. The van der Waals surface area contributed by atoms with E-state index in [-0.39, 0.29) is 23.6 Å². The Bertz CT molecular complexity index is 798. The van der Waals surface area contributed by atoms with Crippen molar-refractivity contribution in [2.45, 2.75) is 46.1 Å². The zero-order valence-electron chi connectivity index (χ0n) is 16.1. The molecule has 1 amide bonds. The standard InChI is InChI=1S/C20H26N4O3/c1-4-13(2)14(3)22-18(25)15-7-9-24(10-8-15)20-16(12-21)23-19(27-20)17-6-5-11-26-17/h5-6,11,13-15H,4,7-10H2,1-3H3,(H,22,25)/t13-,14-/m0/s1. The van der Waals surface area contributed by atoms with Crippen molar-refractivity contribution >= 4 is 11.8 Å². The van der Waals surface area contributed by atoms with Gasteiger partial charge in [-0.3, -0.25) is 4.79 Å². The molecule has 0 aromatic carbocycles. The molecule has 2 atom stereocenters. The van der Waals surface area contributed by atoms with E-state index in [0.717, 1.165) is 19.3 Å². The molecule has 0 unspecified atom stereocenters. The molecule has 1 aliphatic heterocycles. The Labute approximate surface area is 159 Å². The topological polar surface area (TPSA) is 95.3 Å². The van der Waals surface area contributed by atoms with Gasteiger partial charge in [0.15, 0.2) is 5.76 Å². The monoisotopic (exact) mass is 370 g/mol. The number of nitrogens with one attached hydrogen (secondary N) is 1. The van der Waals surface area contributed by atoms with Crippen LogP contribution in [0.3, 0.4) is 0 Å². The van der Waals surface area contributed by atoms with Crippen molar-refractivity contribution in [3.8, 4) is 17.7 Å². The fraction of sp³-hybridized carbons (Fsp3) is 0.550. The number of nitriles is 1. The van der Waals surface area contributed by atoms with Gasteiger partial charge < -0.3 is 19.1 Å². The summed E-state index contributed by atoms with van der Waals surface area (Å²) in [4.78, 5) is 18.7. The van der Waals surface area contributed by atoms with Crippen molar-refractivity contribution in [2.75, 3.05) is 18.0 Å². The zero-order chi connectivity index (χ0) is 19.4. The lowest BCUT2D eigenvalue weighted by Gasteiger charge is -2.32. The average Bonchev–Trinajstić information content (AvgIpc) is 3.36. The molecule has 144 valence electrons. The molecule has 1 aliphatic rings. The molecule has 3 rings (SSSR count). The van der Waals surface area contributed by atoms with Gasteiger partial charge in [-0.1, -0.05) is 20.3 Å². The maximum atomic E-state index is 12.5. The van der Waals surface area contributed by atoms with E-state index in [1.807, 2.05) is 4.90 Å². The van der Waals surface area contributed by atoms with Crippen LogP contribution in [0.4, 0.5) is 5.88 Å². The Morgan fingerprint density at radius 2 is 2.19 bits per heavy atom. The summed E-state index contributed by atoms with van der Waals surface area (Å²) in [6.07, 6.45) is 4.03. The third-order valence-corrected chi connectivity index (χ3v) is 5.47. The van der Waals surface area contributed by atoms with Crippen LogP contribution in [0.2, 0.25) is 0 Å². The van der Waals surface area contributed by atoms with Crippen LogP contribution >= 0.6 is 0 Å². The summed E-state index contributed by atoms with van der Waals surface area (Å²) in [7, 11) is 0. The second kappa shape index (κ2) is 8.30. The maximum Gasteiger partial charge on any atom is 0.266 e. The number of piperidine rings is 1. The minimum absolute atomic E-state index is 0.00856. The van der Waals surface area contributed by atoms with Crippen molar-refractivity contribution in [1.82, 2.24) is 10.3 Å². The summed E-state index contributed by atoms with van der Waals surface area (Å²) in [5, 5.41) is 12.5. The van der Waals surface area contributed by atoms with Crippen LogP contribution in [0.5, 0.6) is 0 Å². The molecule has 1 saturated heterocycles. The number of furan rings is 1. The van der Waals surface area contributed by atoms with Crippen LogP contribution in [0.15, 0.2) is 27.2 Å². The molecule has 2 aromatic heterocycles. The van der Waals surface area contributed by atoms with Gasteiger partial charge in [0.05, 0.1) is 6.26 Å². The van der Waals surface area contributed by atoms with Gasteiger partial charge >= 0.3 is 0 Å². The summed E-state index contributed by atoms with van der Waals surface area (Å²) >= 11 is 0. The summed E-state index contributed by atoms with van der Waals surface area (Å²) < 4.78 is 11.1. The third kappa shape index (κ3) is 4.16. The summed E-state index contributed by atoms with van der Waals surface area (Å²) in [5.74, 6) is 1.82. The number of carbonyl (C=O) groups excluding carboxylic acids is 1. The Morgan fingerprint density at radius 1 is 1.44 bits per heavy atom. The number of hydrogen-bond donors (Lipinski definition) is 1. The lowest BCUT2D eigenvalue weighted by molar-refractivity contribution is -0.126. The number of nitrogens with zero attached hydrogens (tertiary/aromatic N) is 3. The average molecular weight is 370 g/mol. The molecular weight excluding hydrogens is 344 g/mol. The van der Waals surface area contributed by atoms with E-state index in [0.29, 0.717) is 36.5 Å². The molecule has 0 bridgehead atoms. The number of hydrogen-bond acceptors (Lipinski definition) is 6. The van der Waals surface area contributed by atoms with Crippen molar-refractivity contribution in [2.24, 2.45) is 11.8 Å². The van der Waals surface area contributed by atoms with Crippen LogP contribution in [-0.4, -0.2) is 30.0 Å². The van der Waals surface area contributed by atoms with Gasteiger partial charge in [0.25, 0.3) is 5.89 Å². The van der Waals surface area contributed by atoms with Crippen LogP contribution in [0.25, 0.3) is 11.7 Å². The second-order valence-corrected chi connectivity index (χ2v) is 7.21. The Kier molecular flexibility index (Phi) is 5.84. The first-order valence-corrected chi connectivity index (χ1v) is 9.53. The minimum Gasteiger partial charge on any atom is -0.459 e. The predicted octanol–water partition coefficient (Wildman–Crippen LogP) is 3.57. The molecule has 0 saturated carbocycles. The van der Waals surface area contributed by atoms with E-state index in [4.69, 9.17) is 8.83 Å². The van der Waals surface area contributed by atoms with Crippen molar-refractivity contribution in [3.63, 3.8) is 0 Å². The van der Waals surface area contributed by atoms with E-state index in [1.165, 1.54) is 6.26 Å². The van der Waals surface area contributed by atoms with E-state index < -0.39 is 0 Å². The first-order valence-electron chi connectivity index (χ1n) is 9.53. The van der Waals surface area contributed by atoms with E-state index in [1.54, 1.807) is 12.1 Å². The number of carbonyl (C=O) groups is 1. The summed E-state index contributed by atoms with van der Waals surface area (Å²) in [6.45, 7) is 7.64. The zero-order valence-corrected chi connectivity index (χ0v) is 16.1. The largest absolute Gasteiger partial charge is 0.459 e. The van der Waals surface area contributed by atoms with Crippen molar-refractivity contribution in [1.29, 1.82) is 5.26 Å². The van der Waals surface area contributed by atoms with Gasteiger partial charge in [0, 0.05) is 25.0 Å². The van der Waals surface area contributed by atoms with Crippen molar-refractivity contribution in [3.05, 3.63) is 24.1 Å². The lowest BCUT2D eigenvalue weighted by atomic mass is 9.94. The molecule has 1 N–H and O–H groups in total. The number of amides is 1. The molecular formula is C20H26N4O3. The molecule has 7 nitrogen and oxygen atoms in total. The third-order valence-electron chi connectivity index (χ3n) is 5.47. The number of aromatic nitrogens is 1. The predicted molar refractivity (Wildman–Crippen MR) is 101 cm³/mol. The van der Waals surface area contributed by atoms with Crippen LogP contribution in [0, 0.1) is 23.2 Å². The maximum absolute atomic E-state index is 12.5. The molecule has 27 heavy (non-hydrogen) atoms. The molecule has 3 heterocycles. The molecule has 2 aromatic rings. The molecule has 0 radical (unpaired) electrons. The second-order valence-electron chi connectivity index (χ2n) is 7.21. The molecule has 7 heteroatoms. The highest BCUT2D eigenvalue weighted by molar-refractivity contribution is 5.79. The van der Waals surface area contributed by atoms with E-state index in [2.05, 4.69) is 37.1 Å². The smallest absolute Gasteiger partial charge is 0.266 e. The fourth-order valence-electron chi connectivity index (χ4n) is 3.29. The van der Waals surface area contributed by atoms with Gasteiger partial charge in [-0.2, -0.15) is 10.2 Å². The lowest BCUT2D eigenvalue weighted by Crippen LogP contribution is -2.44. The Balaban J connectivity index is 1.63. The highest BCUT2D eigenvalue weighted by atomic mass is 16.4. The van der Waals surface area contributed by atoms with Crippen LogP contribution in [0.1, 0.15) is 45.7 Å². The summed E-state index contributed by atoms with van der Waals surface area (Å²) in [5.41, 5.74) is 0.245. The number of oxazole rings is 1. The Morgan fingerprint density at radius 3 is 2.78 bits per heavy atom. The van der Waals surface area contributed by atoms with Gasteiger partial charge in [0.2, 0.25) is 17.5 Å². The molecule has 0 aliphatic carbocycles. The number of rotatable bonds is 6. The quantitative estimate of drug-likeness (QED) is 0.835. The van der Waals surface area contributed by atoms with Crippen LogP contribution < -0.4 is 10.2 Å². The summed E-state index contributed by atoms with van der Waals surface area (Å²) in [6, 6.07) is 5.75. The van der Waals surface area contributed by atoms with E-state index >= 15 is 0 Å². The van der Waals surface area contributed by atoms with Crippen LogP contribution in [-0.2, 0) is 4.79 Å². The van der Waals surface area contributed by atoms with Gasteiger partial charge in [-0.15, -0.1) is 0 Å². The Hall–Kier alpha value is -2.75. The first kappa shape index (κ1) is 19.0. The number of anilines is 1. The first-order chi connectivity index (χ1) is 13.0. The van der Waals surface area contributed by atoms with Gasteiger partial charge in [-0.25, -0.2) is 0 Å². The molecule has 1 fully saturated rings. The highest BCUT2D eigenvalue weighted by Crippen LogP contribution is 2.31. The van der Waals surface area contributed by atoms with Gasteiger partial charge in [0.1, 0.15) is 6.07 Å². The molecule has 0 spiro atoms. The fourth-order valence-corrected chi connectivity index (χ4v) is 3.29. The van der Waals surface area contributed by atoms with Crippen molar-refractivity contribution < 1.29 is 13.6 Å².